The van der Waals surface area contributed by atoms with Gasteiger partial charge in [-0.3, -0.25) is 18.6 Å². The molecule has 0 amide bonds. The van der Waals surface area contributed by atoms with E-state index in [0.29, 0.717) is 19.3 Å². The number of allylic oxidation sites excluding steroid dienone is 8. The first-order chi connectivity index (χ1) is 32.9. The molecule has 0 spiro atoms. The molecule has 6 unspecified atom stereocenters. The summed E-state index contributed by atoms with van der Waals surface area (Å²) in [6.07, 6.45) is 40.3. The van der Waals surface area contributed by atoms with Crippen LogP contribution in [0.5, 0.6) is 0 Å². The van der Waals surface area contributed by atoms with Crippen LogP contribution in [0.2, 0.25) is 0 Å². The number of carbonyl (C=O) groups is 2. The number of aliphatic hydroxyl groups excluding tert-OH is 5. The summed E-state index contributed by atoms with van der Waals surface area (Å²) in [5.74, 6) is -1.16. The first-order valence-corrected chi connectivity index (χ1v) is 28.4. The SMILES string of the molecule is CCCCC/C=C/C/C=C/C/C=C/C/C=C/CCCC(=O)O[C@@H](COC(=O)CCCCCCCCCCCCCCCCCCCCCCCC)COP(=O)(O)OC1C(O)C(O)C(O)[C@H](O)C1O. The molecule has 6 N–H and O–H groups in total. The molecule has 0 saturated heterocycles. The molecule has 0 aromatic heterocycles. The van der Waals surface area contributed by atoms with E-state index < -0.39 is 75.7 Å². The van der Waals surface area contributed by atoms with E-state index in [4.69, 9.17) is 18.5 Å². The summed E-state index contributed by atoms with van der Waals surface area (Å²) in [5.41, 5.74) is 0. The Labute approximate surface area is 411 Å². The van der Waals surface area contributed by atoms with Crippen LogP contribution in [0.3, 0.4) is 0 Å². The largest absolute Gasteiger partial charge is 0.472 e. The quantitative estimate of drug-likeness (QED) is 0.0145. The third-order valence-electron chi connectivity index (χ3n) is 12.4. The molecule has 396 valence electrons. The van der Waals surface area contributed by atoms with E-state index >= 15 is 0 Å². The molecule has 13 nitrogen and oxygen atoms in total. The number of hydrogen-bond acceptors (Lipinski definition) is 12. The van der Waals surface area contributed by atoms with Crippen LogP contribution in [0.1, 0.15) is 226 Å². The normalized spacial score (nSPS) is 21.4. The Hall–Kier alpha value is -2.19. The van der Waals surface area contributed by atoms with E-state index in [9.17, 15) is 44.6 Å². The van der Waals surface area contributed by atoms with Crippen molar-refractivity contribution in [3.63, 3.8) is 0 Å². The lowest BCUT2D eigenvalue weighted by Crippen LogP contribution is -2.64. The van der Waals surface area contributed by atoms with Crippen LogP contribution < -0.4 is 0 Å². The summed E-state index contributed by atoms with van der Waals surface area (Å²) < 4.78 is 33.6. The second-order valence-corrected chi connectivity index (χ2v) is 20.1. The molecule has 0 aromatic carbocycles. The molecule has 1 aliphatic rings. The van der Waals surface area contributed by atoms with Crippen molar-refractivity contribution in [3.8, 4) is 0 Å². The number of unbranched alkanes of at least 4 members (excludes halogenated alkanes) is 25. The van der Waals surface area contributed by atoms with Crippen LogP contribution in [-0.2, 0) is 32.7 Å². The van der Waals surface area contributed by atoms with Crippen molar-refractivity contribution in [2.45, 2.75) is 268 Å². The van der Waals surface area contributed by atoms with Gasteiger partial charge in [0.25, 0.3) is 0 Å². The van der Waals surface area contributed by atoms with Crippen molar-refractivity contribution < 1.29 is 63.1 Å². The number of ether oxygens (including phenoxy) is 2. The Morgan fingerprint density at radius 1 is 0.456 bits per heavy atom. The first-order valence-electron chi connectivity index (χ1n) is 26.9. The summed E-state index contributed by atoms with van der Waals surface area (Å²) in [5, 5.41) is 50.3. The monoisotopic (exact) mass is 985 g/mol. The summed E-state index contributed by atoms with van der Waals surface area (Å²) in [6, 6.07) is 0. The summed E-state index contributed by atoms with van der Waals surface area (Å²) in [6.45, 7) is 3.26. The van der Waals surface area contributed by atoms with Gasteiger partial charge in [0.05, 0.1) is 6.61 Å². The summed E-state index contributed by atoms with van der Waals surface area (Å²) in [4.78, 5) is 35.8. The molecule has 0 bridgehead atoms. The van der Waals surface area contributed by atoms with Gasteiger partial charge < -0.3 is 39.9 Å². The topological polar surface area (TPSA) is 210 Å². The van der Waals surface area contributed by atoms with Crippen LogP contribution in [0.15, 0.2) is 48.6 Å². The molecule has 8 atom stereocenters. The molecule has 0 heterocycles. The minimum Gasteiger partial charge on any atom is -0.462 e. The summed E-state index contributed by atoms with van der Waals surface area (Å²) >= 11 is 0. The van der Waals surface area contributed by atoms with E-state index in [1.807, 2.05) is 12.2 Å². The predicted octanol–water partition coefficient (Wildman–Crippen LogP) is 11.9. The number of rotatable bonds is 45. The fourth-order valence-corrected chi connectivity index (χ4v) is 9.08. The van der Waals surface area contributed by atoms with Crippen molar-refractivity contribution in [3.05, 3.63) is 48.6 Å². The lowest BCUT2D eigenvalue weighted by atomic mass is 9.85. The zero-order valence-electron chi connectivity index (χ0n) is 42.4. The molecule has 0 aliphatic heterocycles. The standard InChI is InChI=1S/C54H97O13P/c1-3-5-7-9-11-13-15-17-19-21-22-23-24-25-27-28-30-32-34-36-38-40-42-47(55)64-44-46(45-65-68(62,63)67-54-52(60)50(58)49(57)51(59)53(54)61)66-48(56)43-41-39-37-35-33-31-29-26-20-18-16-14-12-10-8-6-4-2/h12,14,18,20,29,31,35,37,46,49-54,57-61H,3-11,13,15-17,19,21-28,30,32-34,36,38-45H2,1-2H3,(H,62,63)/b14-12+,20-18+,31-29+,37-35+/t46-,49?,50-,51?,52?,53?,54?/m0/s1. The minimum absolute atomic E-state index is 0.0216. The first kappa shape index (κ1) is 63.8. The molecular formula is C54H97O13P. The van der Waals surface area contributed by atoms with Gasteiger partial charge in [0.15, 0.2) is 6.10 Å². The van der Waals surface area contributed by atoms with Gasteiger partial charge >= 0.3 is 19.8 Å². The highest BCUT2D eigenvalue weighted by Crippen LogP contribution is 2.47. The van der Waals surface area contributed by atoms with Crippen molar-refractivity contribution in [2.24, 2.45) is 0 Å². The molecule has 1 rings (SSSR count). The molecular weight excluding hydrogens is 888 g/mol. The van der Waals surface area contributed by atoms with Crippen LogP contribution in [0.4, 0.5) is 0 Å². The zero-order chi connectivity index (χ0) is 49.9. The Kier molecular flexibility index (Phi) is 40.9. The van der Waals surface area contributed by atoms with Crippen molar-refractivity contribution in [2.75, 3.05) is 13.2 Å². The third-order valence-corrected chi connectivity index (χ3v) is 13.4. The lowest BCUT2D eigenvalue weighted by Gasteiger charge is -2.41. The Balaban J connectivity index is 2.39. The highest BCUT2D eigenvalue weighted by molar-refractivity contribution is 7.47. The fraction of sp³-hybridized carbons (Fsp3) is 0.815. The number of phosphoric acid groups is 1. The number of esters is 2. The average molecular weight is 985 g/mol. The van der Waals surface area contributed by atoms with Crippen LogP contribution in [0, 0.1) is 0 Å². The average Bonchev–Trinajstić information content (AvgIpc) is 3.32. The van der Waals surface area contributed by atoms with Gasteiger partial charge in [-0.1, -0.05) is 210 Å². The molecule has 0 radical (unpaired) electrons. The van der Waals surface area contributed by atoms with Gasteiger partial charge in [0.1, 0.15) is 43.2 Å². The highest BCUT2D eigenvalue weighted by atomic mass is 31.2. The fourth-order valence-electron chi connectivity index (χ4n) is 8.11. The second-order valence-electron chi connectivity index (χ2n) is 18.7. The Morgan fingerprint density at radius 3 is 1.25 bits per heavy atom. The van der Waals surface area contributed by atoms with Crippen molar-refractivity contribution in [1.29, 1.82) is 0 Å². The van der Waals surface area contributed by atoms with Gasteiger partial charge in [-0.25, -0.2) is 4.57 Å². The smallest absolute Gasteiger partial charge is 0.462 e. The van der Waals surface area contributed by atoms with Crippen molar-refractivity contribution in [1.82, 2.24) is 0 Å². The third kappa shape index (κ3) is 35.0. The molecule has 68 heavy (non-hydrogen) atoms. The number of aliphatic hydroxyl groups is 5. The molecule has 0 aromatic rings. The van der Waals surface area contributed by atoms with Crippen LogP contribution in [0.25, 0.3) is 0 Å². The maximum atomic E-state index is 12.9. The number of hydrogen-bond donors (Lipinski definition) is 6. The van der Waals surface area contributed by atoms with Crippen LogP contribution in [-0.4, -0.2) is 98.3 Å². The minimum atomic E-state index is -5.14. The second kappa shape index (κ2) is 43.6. The van der Waals surface area contributed by atoms with Crippen LogP contribution >= 0.6 is 7.82 Å². The van der Waals surface area contributed by atoms with Crippen molar-refractivity contribution >= 4 is 19.8 Å². The predicted molar refractivity (Wildman–Crippen MR) is 272 cm³/mol. The van der Waals surface area contributed by atoms with Gasteiger partial charge in [-0.2, -0.15) is 0 Å². The van der Waals surface area contributed by atoms with Gasteiger partial charge in [0.2, 0.25) is 0 Å². The van der Waals surface area contributed by atoms with Gasteiger partial charge in [0, 0.05) is 12.8 Å². The van der Waals surface area contributed by atoms with E-state index in [2.05, 4.69) is 50.3 Å². The molecule has 1 fully saturated rings. The molecule has 1 aliphatic carbocycles. The van der Waals surface area contributed by atoms with Gasteiger partial charge in [-0.15, -0.1) is 0 Å². The van der Waals surface area contributed by atoms with E-state index in [1.54, 1.807) is 0 Å². The van der Waals surface area contributed by atoms with E-state index in [1.165, 1.54) is 135 Å². The maximum Gasteiger partial charge on any atom is 0.472 e. The number of carbonyl (C=O) groups excluding carboxylic acids is 2. The summed E-state index contributed by atoms with van der Waals surface area (Å²) in [7, 11) is -5.14. The molecule has 14 heteroatoms. The van der Waals surface area contributed by atoms with E-state index in [0.717, 1.165) is 44.9 Å². The maximum absolute atomic E-state index is 12.9. The lowest BCUT2D eigenvalue weighted by molar-refractivity contribution is -0.220. The zero-order valence-corrected chi connectivity index (χ0v) is 43.3. The molecule has 1 saturated carbocycles. The Bertz CT molecular complexity index is 1370. The number of phosphoric ester groups is 1. The van der Waals surface area contributed by atoms with E-state index in [-0.39, 0.29) is 12.8 Å². The van der Waals surface area contributed by atoms with Gasteiger partial charge in [-0.05, 0) is 51.4 Å². The highest BCUT2D eigenvalue weighted by Gasteiger charge is 2.51. The Morgan fingerprint density at radius 2 is 0.809 bits per heavy atom.